The summed E-state index contributed by atoms with van der Waals surface area (Å²) in [5.74, 6) is -2.42. The summed E-state index contributed by atoms with van der Waals surface area (Å²) in [6, 6.07) is 4.98. The molecular weight excluding hydrogens is 378 g/mol. The summed E-state index contributed by atoms with van der Waals surface area (Å²) in [7, 11) is 0.885. The molecule has 0 unspecified atom stereocenters. The molecule has 0 N–H and O–H groups in total. The van der Waals surface area contributed by atoms with E-state index in [0.29, 0.717) is 0 Å². The predicted molar refractivity (Wildman–Crippen MR) is 82.7 cm³/mol. The highest BCUT2D eigenvalue weighted by atomic mass is 35.5. The van der Waals surface area contributed by atoms with Crippen LogP contribution in [0.4, 0.5) is 17.6 Å². The zero-order valence-corrected chi connectivity index (χ0v) is 13.5. The third kappa shape index (κ3) is 2.86. The number of fused-ring (bicyclic) bond motifs is 1. The highest BCUT2D eigenvalue weighted by Gasteiger charge is 2.37. The molecule has 0 saturated carbocycles. The second kappa shape index (κ2) is 6.03. The molecule has 2 aromatic heterocycles. The third-order valence-electron chi connectivity index (χ3n) is 3.51. The number of hydrogen-bond acceptors (Lipinski definition) is 5. The van der Waals surface area contributed by atoms with Crippen LogP contribution in [0.25, 0.3) is 22.3 Å². The van der Waals surface area contributed by atoms with E-state index in [0.717, 1.165) is 19.2 Å². The molecule has 132 valence electrons. The second-order valence-electron chi connectivity index (χ2n) is 5.14. The monoisotopic (exact) mass is 383 g/mol. The summed E-state index contributed by atoms with van der Waals surface area (Å²) in [6.45, 7) is 0. The molecule has 3 aromatic rings. The third-order valence-corrected chi connectivity index (χ3v) is 3.68. The maximum atomic E-state index is 14.3. The number of alkyl halides is 3. The highest BCUT2D eigenvalue weighted by Crippen LogP contribution is 2.31. The summed E-state index contributed by atoms with van der Waals surface area (Å²) >= 11 is 5.74. The Balaban J connectivity index is 2.45. The number of halogens is 5. The normalized spacial score (nSPS) is 11.6. The Morgan fingerprint density at radius 2 is 1.88 bits per heavy atom. The average Bonchev–Trinajstić information content (AvgIpc) is 2.56. The van der Waals surface area contributed by atoms with Gasteiger partial charge in [0.15, 0.2) is 5.52 Å². The van der Waals surface area contributed by atoms with E-state index in [1.807, 2.05) is 0 Å². The van der Waals surface area contributed by atoms with Crippen LogP contribution < -0.4 is 5.56 Å². The lowest BCUT2D eigenvalue weighted by atomic mass is 10.1. The van der Waals surface area contributed by atoms with Crippen LogP contribution in [0.15, 0.2) is 23.0 Å². The van der Waals surface area contributed by atoms with E-state index in [2.05, 4.69) is 15.0 Å². The van der Waals surface area contributed by atoms with E-state index in [-0.39, 0.29) is 21.4 Å². The van der Waals surface area contributed by atoms with Gasteiger partial charge in [-0.1, -0.05) is 0 Å². The van der Waals surface area contributed by atoms with Crippen LogP contribution in [-0.2, 0) is 13.2 Å². The number of aromatic nitrogens is 4. The quantitative estimate of drug-likeness (QED) is 0.476. The second-order valence-corrected chi connectivity index (χ2v) is 5.48. The van der Waals surface area contributed by atoms with Crippen LogP contribution in [-0.4, -0.2) is 19.5 Å². The van der Waals surface area contributed by atoms with Crippen molar-refractivity contribution in [2.45, 2.75) is 6.18 Å². The van der Waals surface area contributed by atoms with Crippen molar-refractivity contribution in [3.05, 3.63) is 51.0 Å². The number of nitrogens with zero attached hydrogens (tertiary/aromatic N) is 5. The van der Waals surface area contributed by atoms with Gasteiger partial charge in [0.05, 0.1) is 11.6 Å². The molecule has 6 nitrogen and oxygen atoms in total. The lowest BCUT2D eigenvalue weighted by Gasteiger charge is -2.13. The van der Waals surface area contributed by atoms with Crippen molar-refractivity contribution >= 4 is 22.6 Å². The lowest BCUT2D eigenvalue weighted by Crippen LogP contribution is -2.28. The first-order valence-electron chi connectivity index (χ1n) is 6.85. The van der Waals surface area contributed by atoms with E-state index < -0.39 is 39.7 Å². The van der Waals surface area contributed by atoms with Crippen molar-refractivity contribution in [1.29, 1.82) is 5.26 Å². The Morgan fingerprint density at radius 1 is 1.19 bits per heavy atom. The first-order valence-corrected chi connectivity index (χ1v) is 7.22. The molecule has 0 fully saturated rings. The van der Waals surface area contributed by atoms with Crippen LogP contribution >= 0.6 is 11.6 Å². The Labute approximate surface area is 147 Å². The van der Waals surface area contributed by atoms with Crippen LogP contribution in [0, 0.1) is 17.1 Å². The maximum absolute atomic E-state index is 14.3. The molecule has 0 saturated heterocycles. The summed E-state index contributed by atoms with van der Waals surface area (Å²) in [5, 5.41) is 8.32. The molecule has 0 radical (unpaired) electrons. The summed E-state index contributed by atoms with van der Waals surface area (Å²) in [4.78, 5) is 23.0. The van der Waals surface area contributed by atoms with Crippen LogP contribution in [0.3, 0.4) is 0 Å². The van der Waals surface area contributed by atoms with Crippen molar-refractivity contribution in [3.63, 3.8) is 0 Å². The summed E-state index contributed by atoms with van der Waals surface area (Å²) in [6.07, 6.45) is -4.93. The molecule has 0 aliphatic carbocycles. The highest BCUT2D eigenvalue weighted by molar-refractivity contribution is 6.28. The van der Waals surface area contributed by atoms with E-state index in [1.165, 1.54) is 6.07 Å². The van der Waals surface area contributed by atoms with E-state index in [4.69, 9.17) is 16.9 Å². The van der Waals surface area contributed by atoms with Gasteiger partial charge in [-0.3, -0.25) is 9.36 Å². The first-order chi connectivity index (χ1) is 12.1. The van der Waals surface area contributed by atoms with Gasteiger partial charge in [0, 0.05) is 12.6 Å². The van der Waals surface area contributed by atoms with Gasteiger partial charge in [0.25, 0.3) is 5.56 Å². The largest absolute Gasteiger partial charge is 0.449 e. The number of benzene rings is 1. The van der Waals surface area contributed by atoms with Crippen LogP contribution in [0.1, 0.15) is 11.4 Å². The molecule has 1 aromatic carbocycles. The van der Waals surface area contributed by atoms with E-state index >= 15 is 0 Å². The summed E-state index contributed by atoms with van der Waals surface area (Å²) < 4.78 is 54.0. The lowest BCUT2D eigenvalue weighted by molar-refractivity contribution is -0.147. The van der Waals surface area contributed by atoms with Gasteiger partial charge in [0.2, 0.25) is 11.1 Å². The van der Waals surface area contributed by atoms with Crippen LogP contribution in [0.5, 0.6) is 0 Å². The fourth-order valence-corrected chi connectivity index (χ4v) is 2.51. The standard InChI is InChI=1S/C15H6ClF4N5O/c1-25-12(26)11-10(22-13(25)15(18,19)20)9(23-14(16)24-11)7-3-2-6(5-21)4-8(7)17/h2-4H,1H3. The molecule has 11 heteroatoms. The summed E-state index contributed by atoms with van der Waals surface area (Å²) in [5.41, 5.74) is -2.80. The molecule has 3 rings (SSSR count). The molecule has 0 aliphatic rings. The van der Waals surface area contributed by atoms with Gasteiger partial charge in [-0.25, -0.2) is 19.3 Å². The van der Waals surface area contributed by atoms with Crippen molar-refractivity contribution < 1.29 is 17.6 Å². The number of rotatable bonds is 1. The van der Waals surface area contributed by atoms with Crippen LogP contribution in [0.2, 0.25) is 5.28 Å². The Kier molecular flexibility index (Phi) is 4.12. The molecule has 0 aliphatic heterocycles. The molecule has 2 heterocycles. The maximum Gasteiger partial charge on any atom is 0.449 e. The fourth-order valence-electron chi connectivity index (χ4n) is 2.34. The molecule has 0 atom stereocenters. The van der Waals surface area contributed by atoms with Crippen molar-refractivity contribution in [3.8, 4) is 17.3 Å². The van der Waals surface area contributed by atoms with Gasteiger partial charge in [-0.2, -0.15) is 18.4 Å². The minimum atomic E-state index is -4.93. The van der Waals surface area contributed by atoms with E-state index in [9.17, 15) is 22.4 Å². The van der Waals surface area contributed by atoms with Crippen molar-refractivity contribution in [1.82, 2.24) is 19.5 Å². The topological polar surface area (TPSA) is 84.5 Å². The Bertz CT molecular complexity index is 1150. The van der Waals surface area contributed by atoms with Gasteiger partial charge in [-0.05, 0) is 29.8 Å². The molecule has 26 heavy (non-hydrogen) atoms. The zero-order chi connectivity index (χ0) is 19.2. The molecule has 0 amide bonds. The minimum Gasteiger partial charge on any atom is -0.290 e. The van der Waals surface area contributed by atoms with Gasteiger partial charge in [-0.15, -0.1) is 0 Å². The van der Waals surface area contributed by atoms with Gasteiger partial charge >= 0.3 is 6.18 Å². The fraction of sp³-hybridized carbons (Fsp3) is 0.133. The van der Waals surface area contributed by atoms with Crippen molar-refractivity contribution in [2.75, 3.05) is 0 Å². The average molecular weight is 384 g/mol. The smallest absolute Gasteiger partial charge is 0.290 e. The predicted octanol–water partition coefficient (Wildman–Crippen LogP) is 3.07. The molecular formula is C15H6ClF4N5O. The van der Waals surface area contributed by atoms with E-state index in [1.54, 1.807) is 6.07 Å². The number of nitriles is 1. The molecule has 0 bridgehead atoms. The van der Waals surface area contributed by atoms with Gasteiger partial charge in [0.1, 0.15) is 17.0 Å². The SMILES string of the molecule is Cn1c(C(F)(F)F)nc2c(-c3ccc(C#N)cc3F)nc(Cl)nc2c1=O. The first kappa shape index (κ1) is 17.8. The zero-order valence-electron chi connectivity index (χ0n) is 12.8. The minimum absolute atomic E-state index is 0.00411. The Morgan fingerprint density at radius 3 is 2.46 bits per heavy atom. The van der Waals surface area contributed by atoms with Gasteiger partial charge < -0.3 is 0 Å². The Hall–Kier alpha value is -3.06. The molecule has 0 spiro atoms. The van der Waals surface area contributed by atoms with Crippen molar-refractivity contribution in [2.24, 2.45) is 7.05 Å². The number of hydrogen-bond donors (Lipinski definition) is 0.